The standard InChI is InChI=1S/C35H27F2N5O7S/c1-48-26-11-3-20(4-12-26)18-39-35-40-29-13-7-22(15-27(29)33(43)42(35)25-9-5-21(6-10-25)34(44)45)23-16-30(32(49-2)38-19-23)41-50(46,47)31-14-8-24(36)17-28(31)37/h3-17,19,41H,18H2,1-2H3,(H,39,40)(H,44,45). The lowest BCUT2D eigenvalue weighted by atomic mass is 10.0. The molecule has 0 aliphatic heterocycles. The Bertz CT molecular complexity index is 2420. The molecule has 6 aromatic rings. The van der Waals surface area contributed by atoms with E-state index in [9.17, 15) is 31.9 Å². The second-order valence-electron chi connectivity index (χ2n) is 10.8. The zero-order valence-electron chi connectivity index (χ0n) is 26.3. The van der Waals surface area contributed by atoms with Crippen LogP contribution in [0, 0.1) is 11.6 Å². The first-order valence-electron chi connectivity index (χ1n) is 14.8. The van der Waals surface area contributed by atoms with Gasteiger partial charge in [-0.2, -0.15) is 0 Å². The molecule has 15 heteroatoms. The van der Waals surface area contributed by atoms with Crippen molar-refractivity contribution in [2.75, 3.05) is 24.3 Å². The van der Waals surface area contributed by atoms with E-state index in [1.165, 1.54) is 48.2 Å². The first kappa shape index (κ1) is 33.5. The number of ether oxygens (including phenoxy) is 2. The number of aromatic nitrogens is 3. The van der Waals surface area contributed by atoms with E-state index in [-0.39, 0.29) is 28.5 Å². The van der Waals surface area contributed by atoms with Gasteiger partial charge in [0.15, 0.2) is 0 Å². The zero-order chi connectivity index (χ0) is 35.6. The zero-order valence-corrected chi connectivity index (χ0v) is 27.2. The number of rotatable bonds is 11. The van der Waals surface area contributed by atoms with Crippen LogP contribution in [0.1, 0.15) is 15.9 Å². The van der Waals surface area contributed by atoms with Crippen molar-refractivity contribution in [2.45, 2.75) is 11.4 Å². The monoisotopic (exact) mass is 699 g/mol. The first-order valence-corrected chi connectivity index (χ1v) is 16.3. The quantitative estimate of drug-likeness (QED) is 0.150. The molecule has 0 saturated heterocycles. The molecule has 0 spiro atoms. The molecule has 0 aliphatic carbocycles. The van der Waals surface area contributed by atoms with Crippen molar-refractivity contribution in [3.63, 3.8) is 0 Å². The molecule has 0 amide bonds. The van der Waals surface area contributed by atoms with Gasteiger partial charge in [-0.25, -0.2) is 36.5 Å². The van der Waals surface area contributed by atoms with Gasteiger partial charge in [0.2, 0.25) is 11.8 Å². The van der Waals surface area contributed by atoms with Crippen LogP contribution >= 0.6 is 0 Å². The lowest BCUT2D eigenvalue weighted by Gasteiger charge is -2.16. The van der Waals surface area contributed by atoms with Crippen molar-refractivity contribution >= 4 is 38.5 Å². The Labute approximate surface area is 283 Å². The van der Waals surface area contributed by atoms with Crippen LogP contribution in [0.3, 0.4) is 0 Å². The minimum absolute atomic E-state index is 0.0335. The number of fused-ring (bicyclic) bond motifs is 1. The van der Waals surface area contributed by atoms with Gasteiger partial charge in [0.1, 0.15) is 28.0 Å². The summed E-state index contributed by atoms with van der Waals surface area (Å²) in [6.07, 6.45) is 1.40. The molecule has 0 saturated carbocycles. The smallest absolute Gasteiger partial charge is 0.335 e. The Kier molecular flexibility index (Phi) is 9.15. The van der Waals surface area contributed by atoms with Gasteiger partial charge in [0, 0.05) is 24.4 Å². The van der Waals surface area contributed by atoms with Crippen LogP contribution in [-0.4, -0.2) is 48.2 Å². The molecule has 0 atom stereocenters. The molecule has 2 heterocycles. The molecular formula is C35H27F2N5O7S. The maximum absolute atomic E-state index is 14.4. The minimum Gasteiger partial charge on any atom is -0.497 e. The fourth-order valence-corrected chi connectivity index (χ4v) is 6.25. The van der Waals surface area contributed by atoms with Crippen LogP contribution in [0.2, 0.25) is 0 Å². The number of sulfonamides is 1. The molecule has 0 bridgehead atoms. The van der Waals surface area contributed by atoms with Gasteiger partial charge in [-0.15, -0.1) is 0 Å². The van der Waals surface area contributed by atoms with Gasteiger partial charge in [-0.3, -0.25) is 9.52 Å². The van der Waals surface area contributed by atoms with Gasteiger partial charge in [0.05, 0.1) is 36.4 Å². The Balaban J connectivity index is 1.42. The fourth-order valence-electron chi connectivity index (χ4n) is 5.14. The second kappa shape index (κ2) is 13.6. The summed E-state index contributed by atoms with van der Waals surface area (Å²) in [6, 6.07) is 21.4. The van der Waals surface area contributed by atoms with Crippen molar-refractivity contribution in [3.05, 3.63) is 130 Å². The number of nitrogens with one attached hydrogen (secondary N) is 2. The van der Waals surface area contributed by atoms with Crippen molar-refractivity contribution in [2.24, 2.45) is 0 Å². The molecule has 12 nitrogen and oxygen atoms in total. The fraction of sp³-hybridized carbons (Fsp3) is 0.0857. The summed E-state index contributed by atoms with van der Waals surface area (Å²) in [6.45, 7) is 0.297. The third kappa shape index (κ3) is 6.79. The summed E-state index contributed by atoms with van der Waals surface area (Å²) in [5.74, 6) is -2.59. The van der Waals surface area contributed by atoms with E-state index in [1.807, 2.05) is 12.1 Å². The Morgan fingerprint density at radius 3 is 2.30 bits per heavy atom. The van der Waals surface area contributed by atoms with Crippen molar-refractivity contribution < 1.29 is 36.6 Å². The maximum atomic E-state index is 14.4. The maximum Gasteiger partial charge on any atom is 0.335 e. The number of hydrogen-bond donors (Lipinski definition) is 3. The number of anilines is 2. The molecule has 0 unspecified atom stereocenters. The van der Waals surface area contributed by atoms with Crippen LogP contribution in [0.25, 0.3) is 27.7 Å². The number of benzene rings is 4. The molecule has 0 radical (unpaired) electrons. The largest absolute Gasteiger partial charge is 0.497 e. The summed E-state index contributed by atoms with van der Waals surface area (Å²) in [5.41, 5.74) is 1.80. The Morgan fingerprint density at radius 1 is 0.900 bits per heavy atom. The molecule has 0 fully saturated rings. The van der Waals surface area contributed by atoms with Gasteiger partial charge in [-0.05, 0) is 77.9 Å². The van der Waals surface area contributed by atoms with E-state index in [0.29, 0.717) is 40.7 Å². The number of nitrogens with zero attached hydrogens (tertiary/aromatic N) is 3. The number of hydrogen-bond acceptors (Lipinski definition) is 9. The summed E-state index contributed by atoms with van der Waals surface area (Å²) >= 11 is 0. The van der Waals surface area contributed by atoms with E-state index in [2.05, 4.69) is 15.0 Å². The van der Waals surface area contributed by atoms with Crippen molar-refractivity contribution in [3.8, 4) is 28.4 Å². The van der Waals surface area contributed by atoms with Crippen LogP contribution in [-0.2, 0) is 16.6 Å². The molecule has 2 aromatic heterocycles. The van der Waals surface area contributed by atoms with E-state index in [1.54, 1.807) is 37.4 Å². The molecule has 0 aliphatic rings. The Hall–Kier alpha value is -6.35. The van der Waals surface area contributed by atoms with E-state index < -0.39 is 38.1 Å². The van der Waals surface area contributed by atoms with E-state index in [4.69, 9.17) is 14.5 Å². The first-order chi connectivity index (χ1) is 24.0. The predicted octanol–water partition coefficient (Wildman–Crippen LogP) is 5.85. The third-order valence-electron chi connectivity index (χ3n) is 7.66. The lowest BCUT2D eigenvalue weighted by Crippen LogP contribution is -2.24. The normalized spacial score (nSPS) is 11.3. The molecule has 254 valence electrons. The van der Waals surface area contributed by atoms with Gasteiger partial charge in [0.25, 0.3) is 15.6 Å². The third-order valence-corrected chi connectivity index (χ3v) is 9.05. The number of carbonyl (C=O) groups is 1. The number of aromatic carboxylic acids is 1. The minimum atomic E-state index is -4.54. The van der Waals surface area contributed by atoms with Crippen molar-refractivity contribution in [1.29, 1.82) is 0 Å². The summed E-state index contributed by atoms with van der Waals surface area (Å²) in [4.78, 5) is 33.8. The summed E-state index contributed by atoms with van der Waals surface area (Å²) in [5, 5.41) is 12.8. The van der Waals surface area contributed by atoms with E-state index in [0.717, 1.165) is 17.7 Å². The highest BCUT2D eigenvalue weighted by atomic mass is 32.2. The topological polar surface area (TPSA) is 162 Å². The van der Waals surface area contributed by atoms with Crippen LogP contribution in [0.4, 0.5) is 20.4 Å². The summed E-state index contributed by atoms with van der Waals surface area (Å²) in [7, 11) is -1.70. The van der Waals surface area contributed by atoms with Gasteiger partial charge >= 0.3 is 5.97 Å². The van der Waals surface area contributed by atoms with Gasteiger partial charge < -0.3 is 19.9 Å². The molecule has 4 aromatic carbocycles. The number of carboxylic acid groups (broad SMARTS) is 1. The Morgan fingerprint density at radius 2 is 1.64 bits per heavy atom. The highest BCUT2D eigenvalue weighted by Gasteiger charge is 2.23. The number of halogens is 2. The molecule has 50 heavy (non-hydrogen) atoms. The lowest BCUT2D eigenvalue weighted by molar-refractivity contribution is 0.0697. The van der Waals surface area contributed by atoms with E-state index >= 15 is 0 Å². The highest BCUT2D eigenvalue weighted by Crippen LogP contribution is 2.32. The number of carboxylic acids is 1. The number of methoxy groups -OCH3 is 2. The second-order valence-corrected chi connectivity index (χ2v) is 12.5. The van der Waals surface area contributed by atoms with Gasteiger partial charge in [-0.1, -0.05) is 18.2 Å². The van der Waals surface area contributed by atoms with Crippen LogP contribution in [0.15, 0.2) is 107 Å². The van der Waals surface area contributed by atoms with Crippen molar-refractivity contribution in [1.82, 2.24) is 14.5 Å². The highest BCUT2D eigenvalue weighted by molar-refractivity contribution is 7.92. The SMILES string of the molecule is COc1ccc(CNc2nc3ccc(-c4cnc(OC)c(NS(=O)(=O)c5ccc(F)cc5F)c4)cc3c(=O)n2-c2ccc(C(=O)O)cc2)cc1. The van der Waals surface area contributed by atoms with Crippen LogP contribution < -0.4 is 25.1 Å². The van der Waals surface area contributed by atoms with Crippen LogP contribution in [0.5, 0.6) is 11.6 Å². The molecular weight excluding hydrogens is 672 g/mol. The molecule has 6 rings (SSSR count). The predicted molar refractivity (Wildman–Crippen MR) is 182 cm³/mol. The number of pyridine rings is 1. The molecule has 3 N–H and O–H groups in total. The average Bonchev–Trinajstić information content (AvgIpc) is 3.10. The summed E-state index contributed by atoms with van der Waals surface area (Å²) < 4.78 is 67.9. The average molecular weight is 700 g/mol.